The number of anilines is 1. The van der Waals surface area contributed by atoms with E-state index in [1.54, 1.807) is 23.5 Å². The maximum absolute atomic E-state index is 12.9. The first kappa shape index (κ1) is 16.9. The van der Waals surface area contributed by atoms with Crippen LogP contribution in [-0.4, -0.2) is 21.6 Å². The van der Waals surface area contributed by atoms with Crippen LogP contribution in [0.15, 0.2) is 64.9 Å². The Labute approximate surface area is 156 Å². The Hall–Kier alpha value is -2.51. The minimum atomic E-state index is -3.75. The quantitative estimate of drug-likeness (QED) is 0.722. The van der Waals surface area contributed by atoms with Gasteiger partial charge >= 0.3 is 0 Å². The Balaban J connectivity index is 1.68. The summed E-state index contributed by atoms with van der Waals surface area (Å²) < 4.78 is 39.6. The van der Waals surface area contributed by atoms with Gasteiger partial charge in [0.2, 0.25) is 0 Å². The standard InChI is InChI=1S/C19H17NO4S2/c21-26(22,14-8-9-17-18(13-14)24-11-4-10-23-17)20-16-6-2-1-5-15(16)19-7-3-12-25-19/h1-3,5-9,12-13,20H,4,10-11H2. The highest BCUT2D eigenvalue weighted by atomic mass is 32.2. The van der Waals surface area contributed by atoms with Crippen LogP contribution >= 0.6 is 11.3 Å². The van der Waals surface area contributed by atoms with Crippen LogP contribution in [0.3, 0.4) is 0 Å². The van der Waals surface area contributed by atoms with E-state index in [2.05, 4.69) is 4.72 Å². The molecule has 134 valence electrons. The van der Waals surface area contributed by atoms with Gasteiger partial charge in [-0.25, -0.2) is 8.42 Å². The fourth-order valence-corrected chi connectivity index (χ4v) is 4.59. The number of nitrogens with one attached hydrogen (secondary N) is 1. The molecule has 1 aliphatic heterocycles. The lowest BCUT2D eigenvalue weighted by Crippen LogP contribution is -2.13. The lowest BCUT2D eigenvalue weighted by molar-refractivity contribution is 0.297. The second-order valence-electron chi connectivity index (χ2n) is 5.79. The Kier molecular flexibility index (Phi) is 4.57. The third kappa shape index (κ3) is 3.40. The third-order valence-corrected chi connectivity index (χ3v) is 6.25. The molecule has 0 radical (unpaired) electrons. The van der Waals surface area contributed by atoms with E-state index in [0.717, 1.165) is 16.9 Å². The van der Waals surface area contributed by atoms with Gasteiger partial charge in [-0.05, 0) is 29.6 Å². The number of thiophene rings is 1. The van der Waals surface area contributed by atoms with Crippen molar-refractivity contribution in [2.75, 3.05) is 17.9 Å². The number of sulfonamides is 1. The van der Waals surface area contributed by atoms with E-state index in [9.17, 15) is 8.42 Å². The molecule has 0 atom stereocenters. The lowest BCUT2D eigenvalue weighted by Gasteiger charge is -2.13. The van der Waals surface area contributed by atoms with Gasteiger partial charge in [0.25, 0.3) is 10.0 Å². The first-order chi connectivity index (χ1) is 12.6. The van der Waals surface area contributed by atoms with Crippen LogP contribution in [0.4, 0.5) is 5.69 Å². The van der Waals surface area contributed by atoms with Crippen molar-refractivity contribution in [3.63, 3.8) is 0 Å². The van der Waals surface area contributed by atoms with Crippen molar-refractivity contribution in [1.82, 2.24) is 0 Å². The van der Waals surface area contributed by atoms with Gasteiger partial charge in [0.15, 0.2) is 11.5 Å². The van der Waals surface area contributed by atoms with E-state index in [-0.39, 0.29) is 4.90 Å². The molecule has 3 aromatic rings. The largest absolute Gasteiger partial charge is 0.490 e. The molecular formula is C19H17NO4S2. The van der Waals surface area contributed by atoms with Crippen molar-refractivity contribution in [3.05, 3.63) is 60.0 Å². The van der Waals surface area contributed by atoms with Gasteiger partial charge < -0.3 is 9.47 Å². The SMILES string of the molecule is O=S(=O)(Nc1ccccc1-c1cccs1)c1ccc2c(c1)OCCCO2. The first-order valence-electron chi connectivity index (χ1n) is 8.19. The average molecular weight is 387 g/mol. The summed E-state index contributed by atoms with van der Waals surface area (Å²) in [6.45, 7) is 1.07. The molecule has 0 bridgehead atoms. The highest BCUT2D eigenvalue weighted by Gasteiger charge is 2.20. The number of ether oxygens (including phenoxy) is 2. The summed E-state index contributed by atoms with van der Waals surface area (Å²) in [5, 5.41) is 1.96. The van der Waals surface area contributed by atoms with E-state index in [1.807, 2.05) is 35.7 Å². The van der Waals surface area contributed by atoms with Crippen LogP contribution < -0.4 is 14.2 Å². The van der Waals surface area contributed by atoms with Crippen molar-refractivity contribution in [2.45, 2.75) is 11.3 Å². The molecule has 4 rings (SSSR count). The van der Waals surface area contributed by atoms with Gasteiger partial charge in [0.05, 0.1) is 23.8 Å². The van der Waals surface area contributed by atoms with E-state index >= 15 is 0 Å². The first-order valence-corrected chi connectivity index (χ1v) is 10.6. The molecule has 0 aliphatic carbocycles. The zero-order valence-corrected chi connectivity index (χ0v) is 15.5. The molecule has 2 aromatic carbocycles. The smallest absolute Gasteiger partial charge is 0.262 e. The number of hydrogen-bond acceptors (Lipinski definition) is 5. The summed E-state index contributed by atoms with van der Waals surface area (Å²) in [4.78, 5) is 1.14. The van der Waals surface area contributed by atoms with Crippen LogP contribution in [0.5, 0.6) is 11.5 Å². The highest BCUT2D eigenvalue weighted by molar-refractivity contribution is 7.92. The topological polar surface area (TPSA) is 64.6 Å². The summed E-state index contributed by atoms with van der Waals surface area (Å²) in [5.41, 5.74) is 1.39. The summed E-state index contributed by atoms with van der Waals surface area (Å²) in [5.74, 6) is 1.03. The molecule has 0 spiro atoms. The molecule has 1 aliphatic rings. The minimum absolute atomic E-state index is 0.141. The van der Waals surface area contributed by atoms with Gasteiger partial charge in [-0.2, -0.15) is 0 Å². The van der Waals surface area contributed by atoms with Gasteiger partial charge in [-0.1, -0.05) is 24.3 Å². The van der Waals surface area contributed by atoms with Crippen molar-refractivity contribution < 1.29 is 17.9 Å². The summed E-state index contributed by atoms with van der Waals surface area (Å²) in [6, 6.07) is 15.9. The molecule has 5 nitrogen and oxygen atoms in total. The maximum atomic E-state index is 12.9. The van der Waals surface area contributed by atoms with Gasteiger partial charge in [-0.3, -0.25) is 4.72 Å². The molecule has 2 heterocycles. The number of fused-ring (bicyclic) bond motifs is 1. The van der Waals surface area contributed by atoms with Crippen LogP contribution in [0.25, 0.3) is 10.4 Å². The predicted molar refractivity (Wildman–Crippen MR) is 103 cm³/mol. The summed E-state index contributed by atoms with van der Waals surface area (Å²) in [6.07, 6.45) is 0.767. The van der Waals surface area contributed by atoms with Crippen LogP contribution in [0.2, 0.25) is 0 Å². The molecule has 0 amide bonds. The van der Waals surface area contributed by atoms with Gasteiger partial charge in [0.1, 0.15) is 0 Å². The normalized spacial score (nSPS) is 13.8. The maximum Gasteiger partial charge on any atom is 0.262 e. The molecular weight excluding hydrogens is 370 g/mol. The van der Waals surface area contributed by atoms with Crippen LogP contribution in [-0.2, 0) is 10.0 Å². The molecule has 1 N–H and O–H groups in total. The molecule has 1 aromatic heterocycles. The van der Waals surface area contributed by atoms with Crippen molar-refractivity contribution in [3.8, 4) is 21.9 Å². The second kappa shape index (κ2) is 7.01. The summed E-state index contributed by atoms with van der Waals surface area (Å²) >= 11 is 1.56. The van der Waals surface area contributed by atoms with E-state index < -0.39 is 10.0 Å². The zero-order valence-electron chi connectivity index (χ0n) is 13.8. The Morgan fingerprint density at radius 3 is 2.54 bits per heavy atom. The predicted octanol–water partition coefficient (Wildman–Crippen LogP) is 4.38. The molecule has 0 saturated heterocycles. The van der Waals surface area contributed by atoms with Crippen LogP contribution in [0.1, 0.15) is 6.42 Å². The van der Waals surface area contributed by atoms with E-state index in [0.29, 0.717) is 30.4 Å². The van der Waals surface area contributed by atoms with Crippen molar-refractivity contribution in [2.24, 2.45) is 0 Å². The van der Waals surface area contributed by atoms with Crippen molar-refractivity contribution >= 4 is 27.0 Å². The Morgan fingerprint density at radius 2 is 1.73 bits per heavy atom. The van der Waals surface area contributed by atoms with Gasteiger partial charge in [0, 0.05) is 22.9 Å². The molecule has 26 heavy (non-hydrogen) atoms. The fraction of sp³-hybridized carbons (Fsp3) is 0.158. The third-order valence-electron chi connectivity index (χ3n) is 3.99. The number of benzene rings is 2. The monoisotopic (exact) mass is 387 g/mol. The number of rotatable bonds is 4. The second-order valence-corrected chi connectivity index (χ2v) is 8.42. The highest BCUT2D eigenvalue weighted by Crippen LogP contribution is 2.35. The number of hydrogen-bond donors (Lipinski definition) is 1. The summed E-state index contributed by atoms with van der Waals surface area (Å²) in [7, 11) is -3.75. The Morgan fingerprint density at radius 1 is 0.923 bits per heavy atom. The molecule has 0 fully saturated rings. The minimum Gasteiger partial charge on any atom is -0.490 e. The van der Waals surface area contributed by atoms with Crippen molar-refractivity contribution in [1.29, 1.82) is 0 Å². The number of para-hydroxylation sites is 1. The van der Waals surface area contributed by atoms with Gasteiger partial charge in [-0.15, -0.1) is 11.3 Å². The molecule has 0 unspecified atom stereocenters. The van der Waals surface area contributed by atoms with E-state index in [4.69, 9.17) is 9.47 Å². The molecule has 0 saturated carbocycles. The Bertz CT molecular complexity index is 1010. The fourth-order valence-electron chi connectivity index (χ4n) is 2.73. The zero-order chi connectivity index (χ0) is 18.0. The van der Waals surface area contributed by atoms with Crippen LogP contribution in [0, 0.1) is 0 Å². The van der Waals surface area contributed by atoms with E-state index in [1.165, 1.54) is 12.1 Å². The lowest BCUT2D eigenvalue weighted by atomic mass is 10.1. The average Bonchev–Trinajstić information content (AvgIpc) is 3.06. The molecule has 7 heteroatoms.